The second-order valence-electron chi connectivity index (χ2n) is 14.0. The Hall–Kier alpha value is -5.87. The van der Waals surface area contributed by atoms with Crippen LogP contribution < -0.4 is 15.0 Å². The third-order valence-corrected chi connectivity index (χ3v) is 10.0. The van der Waals surface area contributed by atoms with Crippen LogP contribution in [0.2, 0.25) is 0 Å². The van der Waals surface area contributed by atoms with Gasteiger partial charge in [-0.1, -0.05) is 59.9 Å². The maximum Gasteiger partial charge on any atom is 0.358 e. The number of carbonyl (C=O) groups excluding carboxylic acids is 3. The van der Waals surface area contributed by atoms with Gasteiger partial charge in [0.05, 0.1) is 10.2 Å². The fourth-order valence-electron chi connectivity index (χ4n) is 6.54. The van der Waals surface area contributed by atoms with Crippen molar-refractivity contribution in [2.75, 3.05) is 16.8 Å². The number of fused-ring (bicyclic) bond motifs is 2. The predicted octanol–water partition coefficient (Wildman–Crippen LogP) is 9.36. The van der Waals surface area contributed by atoms with Gasteiger partial charge in [0.15, 0.2) is 10.8 Å². The second-order valence-corrected chi connectivity index (χ2v) is 15.0. The third-order valence-electron chi connectivity index (χ3n) is 9.08. The molecule has 0 aliphatic carbocycles. The number of hydrogen-bond donors (Lipinski definition) is 1. The van der Waals surface area contributed by atoms with Crippen molar-refractivity contribution in [3.8, 4) is 22.6 Å². The quantitative estimate of drug-likeness (QED) is 0.110. The van der Waals surface area contributed by atoms with E-state index in [9.17, 15) is 14.4 Å². The number of thiazole rings is 1. The van der Waals surface area contributed by atoms with Gasteiger partial charge >= 0.3 is 5.97 Å². The highest BCUT2D eigenvalue weighted by Gasteiger charge is 2.28. The molecule has 0 unspecified atom stereocenters. The van der Waals surface area contributed by atoms with E-state index in [1.807, 2.05) is 119 Å². The Morgan fingerprint density at radius 3 is 2.55 bits per heavy atom. The first kappa shape index (κ1) is 35.5. The minimum absolute atomic E-state index is 0.196. The standard InChI is InChI=1S/C43H40N4O5S/c1-27-31(15-9-18-36(27)51-30-14-7-11-28(25-30)12-10-24-48)32-20-21-38(45-39(32)41(50)52-43(2,3)4)47-23-22-29-13-8-16-33(34(29)26-47)40(49)46-42-44-35-17-5-6-19-37(35)53-42/h5-9,11,13-21,24-25H,10,12,22-23,26H2,1-4H3,(H,44,46,49). The highest BCUT2D eigenvalue weighted by Crippen LogP contribution is 2.37. The minimum atomic E-state index is -0.740. The molecule has 0 bridgehead atoms. The molecule has 0 spiro atoms. The predicted molar refractivity (Wildman–Crippen MR) is 209 cm³/mol. The van der Waals surface area contributed by atoms with Crippen molar-refractivity contribution in [2.24, 2.45) is 0 Å². The Labute approximate surface area is 312 Å². The van der Waals surface area contributed by atoms with Gasteiger partial charge in [-0.2, -0.15) is 0 Å². The molecule has 1 aliphatic rings. The van der Waals surface area contributed by atoms with Gasteiger partial charge in [0, 0.05) is 30.6 Å². The number of benzene rings is 4. The Balaban J connectivity index is 1.19. The summed E-state index contributed by atoms with van der Waals surface area (Å²) < 4.78 is 13.2. The number of para-hydroxylation sites is 1. The molecule has 0 radical (unpaired) electrons. The van der Waals surface area contributed by atoms with Gasteiger partial charge in [-0.05, 0) is 117 Å². The van der Waals surface area contributed by atoms with Crippen LogP contribution >= 0.6 is 11.3 Å². The molecule has 1 N–H and O–H groups in total. The summed E-state index contributed by atoms with van der Waals surface area (Å²) >= 11 is 1.44. The van der Waals surface area contributed by atoms with Crippen LogP contribution in [0.4, 0.5) is 10.9 Å². The summed E-state index contributed by atoms with van der Waals surface area (Å²) in [6.45, 7) is 8.55. The number of nitrogens with one attached hydrogen (secondary N) is 1. The number of esters is 1. The monoisotopic (exact) mass is 724 g/mol. The van der Waals surface area contributed by atoms with Crippen molar-refractivity contribution >= 4 is 50.7 Å². The van der Waals surface area contributed by atoms with Crippen LogP contribution in [0.15, 0.2) is 97.1 Å². The fourth-order valence-corrected chi connectivity index (χ4v) is 7.40. The van der Waals surface area contributed by atoms with Gasteiger partial charge < -0.3 is 19.2 Å². The first-order chi connectivity index (χ1) is 25.6. The molecule has 7 rings (SSSR count). The number of hydrogen-bond acceptors (Lipinski definition) is 9. The Morgan fingerprint density at radius 1 is 0.925 bits per heavy atom. The first-order valence-corrected chi connectivity index (χ1v) is 18.5. The lowest BCUT2D eigenvalue weighted by Crippen LogP contribution is -2.33. The third kappa shape index (κ3) is 7.98. The fraction of sp³-hybridized carbons (Fsp3) is 0.233. The van der Waals surface area contributed by atoms with Crippen LogP contribution in [0.5, 0.6) is 11.5 Å². The number of rotatable bonds is 10. The molecule has 0 atom stereocenters. The van der Waals surface area contributed by atoms with Crippen LogP contribution in [0.1, 0.15) is 70.3 Å². The summed E-state index contributed by atoms with van der Waals surface area (Å²) in [5.74, 6) is 1.16. The van der Waals surface area contributed by atoms with E-state index in [1.54, 1.807) is 0 Å². The zero-order valence-electron chi connectivity index (χ0n) is 30.1. The molecular weight excluding hydrogens is 685 g/mol. The Morgan fingerprint density at radius 2 is 1.74 bits per heavy atom. The Bertz CT molecular complexity index is 2310. The molecule has 6 aromatic rings. The van der Waals surface area contributed by atoms with Gasteiger partial charge in [-0.3, -0.25) is 10.1 Å². The molecule has 9 nitrogen and oxygen atoms in total. The van der Waals surface area contributed by atoms with Crippen LogP contribution in [0, 0.1) is 6.92 Å². The van der Waals surface area contributed by atoms with Gasteiger partial charge in [0.2, 0.25) is 0 Å². The molecular formula is C43H40N4O5S. The molecule has 1 amide bonds. The van der Waals surface area contributed by atoms with Crippen molar-refractivity contribution in [2.45, 2.75) is 59.1 Å². The lowest BCUT2D eigenvalue weighted by atomic mass is 9.94. The van der Waals surface area contributed by atoms with Crippen molar-refractivity contribution in [3.05, 3.63) is 131 Å². The second kappa shape index (κ2) is 15.0. The van der Waals surface area contributed by atoms with E-state index in [4.69, 9.17) is 14.5 Å². The topological polar surface area (TPSA) is 111 Å². The largest absolute Gasteiger partial charge is 0.457 e. The summed E-state index contributed by atoms with van der Waals surface area (Å²) in [5.41, 5.74) is 6.15. The molecule has 0 saturated carbocycles. The molecule has 53 heavy (non-hydrogen) atoms. The zero-order chi connectivity index (χ0) is 37.1. The summed E-state index contributed by atoms with van der Waals surface area (Å²) in [4.78, 5) is 50.1. The van der Waals surface area contributed by atoms with E-state index in [1.165, 1.54) is 11.3 Å². The summed E-state index contributed by atoms with van der Waals surface area (Å²) in [7, 11) is 0. The van der Waals surface area contributed by atoms with Crippen LogP contribution in [-0.4, -0.2) is 40.3 Å². The molecule has 4 aromatic carbocycles. The number of amides is 1. The van der Waals surface area contributed by atoms with E-state index in [0.717, 1.165) is 44.3 Å². The smallest absolute Gasteiger partial charge is 0.358 e. The van der Waals surface area contributed by atoms with E-state index < -0.39 is 11.6 Å². The zero-order valence-corrected chi connectivity index (χ0v) is 31.0. The summed E-state index contributed by atoms with van der Waals surface area (Å²) in [6.07, 6.45) is 2.70. The molecule has 2 aromatic heterocycles. The molecule has 0 saturated heterocycles. The maximum atomic E-state index is 13.9. The van der Waals surface area contributed by atoms with Crippen molar-refractivity contribution < 1.29 is 23.9 Å². The summed E-state index contributed by atoms with van der Waals surface area (Å²) in [6, 6.07) is 30.9. The van der Waals surface area contributed by atoms with Crippen LogP contribution in [0.25, 0.3) is 21.3 Å². The number of aromatic nitrogens is 2. The normalized spacial score (nSPS) is 12.6. The number of nitrogens with zero attached hydrogens (tertiary/aromatic N) is 3. The SMILES string of the molecule is Cc1c(Oc2cccc(CCC=O)c2)cccc1-c1ccc(N2CCc3cccc(C(=O)Nc4nc5ccccc5s4)c3C2)nc1C(=O)OC(C)(C)C. The van der Waals surface area contributed by atoms with Gasteiger partial charge in [-0.15, -0.1) is 0 Å². The average molecular weight is 725 g/mol. The van der Waals surface area contributed by atoms with Crippen LogP contribution in [0.3, 0.4) is 0 Å². The highest BCUT2D eigenvalue weighted by molar-refractivity contribution is 7.22. The average Bonchev–Trinajstić information content (AvgIpc) is 3.56. The first-order valence-electron chi connectivity index (χ1n) is 17.6. The molecule has 10 heteroatoms. The molecule has 0 fully saturated rings. The molecule has 268 valence electrons. The molecule has 1 aliphatic heterocycles. The van der Waals surface area contributed by atoms with E-state index in [0.29, 0.717) is 65.9 Å². The van der Waals surface area contributed by atoms with E-state index in [-0.39, 0.29) is 11.6 Å². The minimum Gasteiger partial charge on any atom is -0.457 e. The lowest BCUT2D eigenvalue weighted by molar-refractivity contribution is -0.107. The number of carbonyl (C=O) groups is 3. The van der Waals surface area contributed by atoms with Crippen molar-refractivity contribution in [1.29, 1.82) is 0 Å². The lowest BCUT2D eigenvalue weighted by Gasteiger charge is -2.31. The number of pyridine rings is 1. The van der Waals surface area contributed by atoms with Crippen molar-refractivity contribution in [3.63, 3.8) is 0 Å². The Kier molecular flexibility index (Phi) is 10.1. The summed E-state index contributed by atoms with van der Waals surface area (Å²) in [5, 5.41) is 3.56. The van der Waals surface area contributed by atoms with Crippen molar-refractivity contribution in [1.82, 2.24) is 9.97 Å². The number of anilines is 2. The number of aldehydes is 1. The van der Waals surface area contributed by atoms with Gasteiger partial charge in [0.1, 0.15) is 29.2 Å². The molecule has 3 heterocycles. The van der Waals surface area contributed by atoms with Gasteiger partial charge in [-0.25, -0.2) is 14.8 Å². The number of ether oxygens (including phenoxy) is 2. The number of aryl methyl sites for hydroxylation is 1. The van der Waals surface area contributed by atoms with E-state index in [2.05, 4.69) is 21.3 Å². The van der Waals surface area contributed by atoms with E-state index >= 15 is 0 Å². The van der Waals surface area contributed by atoms with Gasteiger partial charge in [0.25, 0.3) is 5.91 Å². The maximum absolute atomic E-state index is 13.9. The highest BCUT2D eigenvalue weighted by atomic mass is 32.1. The van der Waals surface area contributed by atoms with Crippen LogP contribution in [-0.2, 0) is 28.9 Å².